The number of rotatable bonds is 9. The molecule has 1 N–H and O–H groups in total. The van der Waals surface area contributed by atoms with Gasteiger partial charge in [-0.05, 0) is 87.0 Å². The van der Waals surface area contributed by atoms with Crippen LogP contribution in [0.4, 0.5) is 27.9 Å². The molecule has 0 unspecified atom stereocenters. The number of sulfonamides is 1. The van der Waals surface area contributed by atoms with E-state index in [9.17, 15) is 18.0 Å². The Balaban J connectivity index is 1.30. The Morgan fingerprint density at radius 2 is 1.57 bits per heavy atom. The number of imide groups is 1. The van der Waals surface area contributed by atoms with Crippen molar-refractivity contribution in [2.75, 3.05) is 27.6 Å². The first kappa shape index (κ1) is 29.1. The highest BCUT2D eigenvalue weighted by atomic mass is 32.2. The Bertz CT molecular complexity index is 2020. The highest BCUT2D eigenvalue weighted by Crippen LogP contribution is 2.38. The van der Waals surface area contributed by atoms with Gasteiger partial charge in [0.15, 0.2) is 5.13 Å². The molecule has 5 aromatic rings. The molecule has 12 heteroatoms. The number of azo groups is 1. The van der Waals surface area contributed by atoms with Gasteiger partial charge in [-0.3, -0.25) is 14.3 Å². The number of hydrogen-bond acceptors (Lipinski definition) is 9. The maximum atomic E-state index is 13.7. The number of thiazole rings is 1. The summed E-state index contributed by atoms with van der Waals surface area (Å²) in [5.74, 6) is -1.02. The zero-order chi connectivity index (χ0) is 31.0. The average molecular weight is 625 g/mol. The van der Waals surface area contributed by atoms with Gasteiger partial charge in [0, 0.05) is 52.3 Å². The van der Waals surface area contributed by atoms with Crippen molar-refractivity contribution in [3.63, 3.8) is 0 Å². The highest BCUT2D eigenvalue weighted by molar-refractivity contribution is 7.93. The van der Waals surface area contributed by atoms with Gasteiger partial charge >= 0.3 is 0 Å². The number of carbonyl (C=O) groups excluding carboxylic acids is 2. The number of carbonyl (C=O) groups is 2. The standard InChI is InChI=1S/C32H28N6O4S2/c1-4-37(5-2)22-11-15-27(20(3)19-22)34-35-28-16-14-26-29-24(28)7-6-8-25(29)30(39)38(31(26)40)21-9-12-23(13-10-21)44(41,42)36-32-33-17-18-43-32/h6-19H,4-5H2,1-3H3,(H,33,36). The van der Waals surface area contributed by atoms with Crippen LogP contribution in [0.15, 0.2) is 99.5 Å². The van der Waals surface area contributed by atoms with Gasteiger partial charge in [-0.1, -0.05) is 12.1 Å². The van der Waals surface area contributed by atoms with E-state index in [1.807, 2.05) is 25.1 Å². The van der Waals surface area contributed by atoms with E-state index in [1.165, 1.54) is 30.5 Å². The third kappa shape index (κ3) is 5.22. The van der Waals surface area contributed by atoms with Crippen molar-refractivity contribution in [3.8, 4) is 0 Å². The summed E-state index contributed by atoms with van der Waals surface area (Å²) in [5.41, 5.74) is 4.31. The predicted octanol–water partition coefficient (Wildman–Crippen LogP) is 7.47. The molecule has 1 aliphatic heterocycles. The van der Waals surface area contributed by atoms with Crippen LogP contribution in [0.25, 0.3) is 10.8 Å². The van der Waals surface area contributed by atoms with Crippen LogP contribution < -0.4 is 14.5 Å². The molecule has 4 aromatic carbocycles. The summed E-state index contributed by atoms with van der Waals surface area (Å²) >= 11 is 1.16. The minimum Gasteiger partial charge on any atom is -0.372 e. The van der Waals surface area contributed by atoms with Crippen molar-refractivity contribution in [1.82, 2.24) is 4.98 Å². The van der Waals surface area contributed by atoms with E-state index in [4.69, 9.17) is 0 Å². The molecule has 44 heavy (non-hydrogen) atoms. The molecule has 2 heterocycles. The number of benzene rings is 4. The first-order chi connectivity index (χ1) is 21.2. The van der Waals surface area contributed by atoms with Gasteiger partial charge in [0.2, 0.25) is 0 Å². The number of hydrogen-bond donors (Lipinski definition) is 1. The van der Waals surface area contributed by atoms with Gasteiger partial charge in [-0.2, -0.15) is 5.11 Å². The molecule has 1 aliphatic rings. The molecule has 2 amide bonds. The van der Waals surface area contributed by atoms with Crippen LogP contribution in [0.3, 0.4) is 0 Å². The summed E-state index contributed by atoms with van der Waals surface area (Å²) in [6.45, 7) is 8.04. The summed E-state index contributed by atoms with van der Waals surface area (Å²) in [4.78, 5) is 34.6. The average Bonchev–Trinajstić information content (AvgIpc) is 3.53. The fourth-order valence-electron chi connectivity index (χ4n) is 5.27. The lowest BCUT2D eigenvalue weighted by Gasteiger charge is -2.27. The first-order valence-electron chi connectivity index (χ1n) is 14.0. The zero-order valence-electron chi connectivity index (χ0n) is 24.2. The minimum absolute atomic E-state index is 0.0243. The Hall–Kier alpha value is -4.94. The lowest BCUT2D eigenvalue weighted by Crippen LogP contribution is -2.40. The molecular weight excluding hydrogens is 597 g/mol. The molecule has 0 atom stereocenters. The largest absolute Gasteiger partial charge is 0.372 e. The molecule has 0 spiro atoms. The van der Waals surface area contributed by atoms with E-state index in [1.54, 1.807) is 29.6 Å². The molecule has 10 nitrogen and oxygen atoms in total. The number of aryl methyl sites for hydroxylation is 1. The van der Waals surface area contributed by atoms with Gasteiger partial charge in [0.05, 0.1) is 22.0 Å². The van der Waals surface area contributed by atoms with Crippen molar-refractivity contribution >= 4 is 71.8 Å². The van der Waals surface area contributed by atoms with Crippen LogP contribution in [-0.2, 0) is 10.0 Å². The van der Waals surface area contributed by atoms with Crippen molar-refractivity contribution in [1.29, 1.82) is 0 Å². The van der Waals surface area contributed by atoms with Gasteiger partial charge in [0.1, 0.15) is 0 Å². The zero-order valence-corrected chi connectivity index (χ0v) is 25.8. The summed E-state index contributed by atoms with van der Waals surface area (Å²) in [6, 6.07) is 20.2. The fourth-order valence-corrected chi connectivity index (χ4v) is 7.06. The van der Waals surface area contributed by atoms with Crippen LogP contribution in [0.1, 0.15) is 40.1 Å². The number of aromatic nitrogens is 1. The summed E-state index contributed by atoms with van der Waals surface area (Å²) in [7, 11) is -3.89. The maximum absolute atomic E-state index is 13.7. The van der Waals surface area contributed by atoms with Crippen molar-refractivity contribution in [2.45, 2.75) is 25.7 Å². The summed E-state index contributed by atoms with van der Waals surface area (Å²) < 4.78 is 27.9. The normalized spacial score (nSPS) is 13.2. The Kier molecular flexibility index (Phi) is 7.70. The van der Waals surface area contributed by atoms with Gasteiger partial charge < -0.3 is 4.90 Å². The van der Waals surface area contributed by atoms with E-state index in [-0.39, 0.29) is 15.7 Å². The SMILES string of the molecule is CCN(CC)c1ccc(N=Nc2ccc3c4c(cccc24)C(=O)N(c2ccc(S(=O)(=O)Nc4nccs4)cc2)C3=O)c(C)c1. The number of amides is 2. The molecule has 0 saturated heterocycles. The lowest BCUT2D eigenvalue weighted by atomic mass is 9.93. The Morgan fingerprint density at radius 1 is 0.886 bits per heavy atom. The number of nitrogens with one attached hydrogen (secondary N) is 1. The summed E-state index contributed by atoms with van der Waals surface area (Å²) in [6.07, 6.45) is 1.50. The molecule has 0 radical (unpaired) electrons. The van der Waals surface area contributed by atoms with Gasteiger partial charge in [0.25, 0.3) is 21.8 Å². The van der Waals surface area contributed by atoms with Gasteiger partial charge in [-0.25, -0.2) is 18.3 Å². The second-order valence-corrected chi connectivity index (χ2v) is 12.7. The van der Waals surface area contributed by atoms with Crippen LogP contribution in [0, 0.1) is 6.92 Å². The van der Waals surface area contributed by atoms with Crippen LogP contribution in [0.5, 0.6) is 0 Å². The fraction of sp³-hybridized carbons (Fsp3) is 0.156. The first-order valence-corrected chi connectivity index (χ1v) is 16.3. The van der Waals surface area contributed by atoms with Gasteiger partial charge in [-0.15, -0.1) is 16.5 Å². The molecule has 0 aliphatic carbocycles. The second-order valence-electron chi connectivity index (χ2n) is 10.1. The third-order valence-corrected chi connectivity index (χ3v) is 9.69. The molecule has 0 fully saturated rings. The van der Waals surface area contributed by atoms with Crippen LogP contribution in [0.2, 0.25) is 0 Å². The Morgan fingerprint density at radius 3 is 2.23 bits per heavy atom. The van der Waals surface area contributed by atoms with Crippen molar-refractivity contribution < 1.29 is 18.0 Å². The minimum atomic E-state index is -3.89. The van der Waals surface area contributed by atoms with Crippen LogP contribution in [-0.4, -0.2) is 38.3 Å². The third-order valence-electron chi connectivity index (χ3n) is 7.52. The van der Waals surface area contributed by atoms with E-state index >= 15 is 0 Å². The van der Waals surface area contributed by atoms with Crippen LogP contribution >= 0.6 is 11.3 Å². The van der Waals surface area contributed by atoms with Crippen molar-refractivity contribution in [2.24, 2.45) is 10.2 Å². The van der Waals surface area contributed by atoms with Crippen molar-refractivity contribution in [3.05, 3.63) is 101 Å². The maximum Gasteiger partial charge on any atom is 0.265 e. The Labute approximate surface area is 258 Å². The topological polar surface area (TPSA) is 124 Å². The van der Waals surface area contributed by atoms with E-state index < -0.39 is 21.8 Å². The predicted molar refractivity (Wildman–Crippen MR) is 173 cm³/mol. The second kappa shape index (κ2) is 11.6. The molecule has 0 saturated carbocycles. The van der Waals surface area contributed by atoms with E-state index in [0.717, 1.165) is 46.3 Å². The molecule has 6 rings (SSSR count). The molecule has 222 valence electrons. The lowest BCUT2D eigenvalue weighted by molar-refractivity contribution is 0.0893. The molecule has 1 aromatic heterocycles. The quantitative estimate of drug-likeness (QED) is 0.134. The smallest absolute Gasteiger partial charge is 0.265 e. The highest BCUT2D eigenvalue weighted by Gasteiger charge is 2.34. The van der Waals surface area contributed by atoms with E-state index in [0.29, 0.717) is 27.6 Å². The number of nitrogens with zero attached hydrogens (tertiary/aromatic N) is 5. The number of anilines is 3. The summed E-state index contributed by atoms with van der Waals surface area (Å²) in [5, 5.41) is 12.1. The molecular formula is C32H28N6O4S2. The molecule has 0 bridgehead atoms. The van der Waals surface area contributed by atoms with E-state index in [2.05, 4.69) is 44.7 Å². The monoisotopic (exact) mass is 624 g/mol.